The largest absolute Gasteiger partial charge is 0.330 e. The molecule has 0 saturated carbocycles. The van der Waals surface area contributed by atoms with Gasteiger partial charge in [0.05, 0.1) is 0 Å². The maximum absolute atomic E-state index is 5.79. The monoisotopic (exact) mass is 267 g/mol. The molecule has 2 heterocycles. The van der Waals surface area contributed by atoms with Gasteiger partial charge >= 0.3 is 0 Å². The van der Waals surface area contributed by atoms with Crippen LogP contribution in [0.15, 0.2) is 0 Å². The van der Waals surface area contributed by atoms with E-state index in [0.29, 0.717) is 5.41 Å². The van der Waals surface area contributed by atoms with E-state index in [1.54, 1.807) is 0 Å². The molecule has 0 radical (unpaired) electrons. The summed E-state index contributed by atoms with van der Waals surface area (Å²) in [5.74, 6) is 0. The third-order valence-corrected chi connectivity index (χ3v) is 5.02. The van der Waals surface area contributed by atoms with Crippen LogP contribution in [0.25, 0.3) is 0 Å². The summed E-state index contributed by atoms with van der Waals surface area (Å²) >= 11 is 0. The average molecular weight is 267 g/mol. The first kappa shape index (κ1) is 15.3. The van der Waals surface area contributed by atoms with Crippen LogP contribution < -0.4 is 5.73 Å². The molecule has 1 atom stereocenters. The molecular formula is C16H33N3. The number of hydrogen-bond acceptors (Lipinski definition) is 3. The molecule has 2 rings (SSSR count). The van der Waals surface area contributed by atoms with Gasteiger partial charge in [0.15, 0.2) is 0 Å². The Hall–Kier alpha value is -0.120. The van der Waals surface area contributed by atoms with Gasteiger partial charge in [-0.2, -0.15) is 0 Å². The first-order valence-corrected chi connectivity index (χ1v) is 8.27. The molecule has 0 bridgehead atoms. The molecule has 2 N–H and O–H groups in total. The SMILES string of the molecule is CC(C)(CN)CCCCN1CCCN2CCCC2C1. The lowest BCUT2D eigenvalue weighted by molar-refractivity contribution is 0.214. The van der Waals surface area contributed by atoms with Gasteiger partial charge < -0.3 is 10.6 Å². The van der Waals surface area contributed by atoms with Gasteiger partial charge in [-0.05, 0) is 70.2 Å². The van der Waals surface area contributed by atoms with Gasteiger partial charge in [0.1, 0.15) is 0 Å². The van der Waals surface area contributed by atoms with E-state index in [2.05, 4.69) is 23.6 Å². The van der Waals surface area contributed by atoms with Crippen molar-refractivity contribution in [2.75, 3.05) is 39.3 Å². The average Bonchev–Trinajstić information content (AvgIpc) is 2.73. The molecule has 0 amide bonds. The quantitative estimate of drug-likeness (QED) is 0.750. The molecule has 1 unspecified atom stereocenters. The van der Waals surface area contributed by atoms with Crippen molar-refractivity contribution < 1.29 is 0 Å². The highest BCUT2D eigenvalue weighted by atomic mass is 15.3. The van der Waals surface area contributed by atoms with Crippen LogP contribution in [0.4, 0.5) is 0 Å². The molecule has 19 heavy (non-hydrogen) atoms. The standard InChI is InChI=1S/C16H33N3/c1-16(2,14-17)8-3-4-9-18-10-6-12-19-11-5-7-15(19)13-18/h15H,3-14,17H2,1-2H3. The highest BCUT2D eigenvalue weighted by Gasteiger charge is 2.28. The van der Waals surface area contributed by atoms with Crippen molar-refractivity contribution in [2.24, 2.45) is 11.1 Å². The normalized spacial score (nSPS) is 26.4. The second-order valence-corrected chi connectivity index (χ2v) is 7.31. The van der Waals surface area contributed by atoms with Crippen molar-refractivity contribution in [3.05, 3.63) is 0 Å². The van der Waals surface area contributed by atoms with E-state index >= 15 is 0 Å². The Balaban J connectivity index is 1.65. The van der Waals surface area contributed by atoms with E-state index in [1.165, 1.54) is 71.2 Å². The minimum atomic E-state index is 0.334. The number of unbranched alkanes of at least 4 members (excludes halogenated alkanes) is 1. The van der Waals surface area contributed by atoms with Crippen LogP contribution in [0.5, 0.6) is 0 Å². The summed E-state index contributed by atoms with van der Waals surface area (Å²) in [5.41, 5.74) is 6.13. The summed E-state index contributed by atoms with van der Waals surface area (Å²) < 4.78 is 0. The summed E-state index contributed by atoms with van der Waals surface area (Å²) in [7, 11) is 0. The van der Waals surface area contributed by atoms with E-state index in [4.69, 9.17) is 5.73 Å². The van der Waals surface area contributed by atoms with E-state index in [1.807, 2.05) is 0 Å². The molecule has 0 aromatic carbocycles. The molecule has 2 saturated heterocycles. The Morgan fingerprint density at radius 2 is 1.89 bits per heavy atom. The molecule has 2 aliphatic rings. The van der Waals surface area contributed by atoms with Gasteiger partial charge in [-0.1, -0.05) is 20.3 Å². The van der Waals surface area contributed by atoms with Crippen molar-refractivity contribution >= 4 is 0 Å². The topological polar surface area (TPSA) is 32.5 Å². The fourth-order valence-electron chi connectivity index (χ4n) is 3.53. The lowest BCUT2D eigenvalue weighted by Gasteiger charge is -2.26. The Labute approximate surface area is 119 Å². The third-order valence-electron chi connectivity index (χ3n) is 5.02. The van der Waals surface area contributed by atoms with Gasteiger partial charge in [0.2, 0.25) is 0 Å². The van der Waals surface area contributed by atoms with E-state index in [-0.39, 0.29) is 0 Å². The lowest BCUT2D eigenvalue weighted by Crippen LogP contribution is -2.37. The first-order valence-electron chi connectivity index (χ1n) is 8.27. The maximum Gasteiger partial charge on any atom is 0.0223 e. The van der Waals surface area contributed by atoms with Crippen molar-refractivity contribution in [1.29, 1.82) is 0 Å². The number of nitrogens with two attached hydrogens (primary N) is 1. The smallest absolute Gasteiger partial charge is 0.0223 e. The van der Waals surface area contributed by atoms with Crippen LogP contribution in [-0.4, -0.2) is 55.1 Å². The van der Waals surface area contributed by atoms with Crippen LogP contribution in [0, 0.1) is 5.41 Å². The highest BCUT2D eigenvalue weighted by molar-refractivity contribution is 4.84. The molecule has 0 aromatic rings. The zero-order chi connectivity index (χ0) is 13.7. The molecule has 3 nitrogen and oxygen atoms in total. The van der Waals surface area contributed by atoms with E-state index in [0.717, 1.165) is 12.6 Å². The molecule has 0 spiro atoms. The second kappa shape index (κ2) is 7.05. The highest BCUT2D eigenvalue weighted by Crippen LogP contribution is 2.23. The van der Waals surface area contributed by atoms with Crippen LogP contribution >= 0.6 is 0 Å². The first-order chi connectivity index (χ1) is 9.11. The maximum atomic E-state index is 5.79. The number of nitrogens with zero attached hydrogens (tertiary/aromatic N) is 2. The van der Waals surface area contributed by atoms with Crippen molar-refractivity contribution in [3.8, 4) is 0 Å². The number of rotatable bonds is 6. The third kappa shape index (κ3) is 4.73. The fraction of sp³-hybridized carbons (Fsp3) is 1.00. The van der Waals surface area contributed by atoms with Gasteiger partial charge in [0.25, 0.3) is 0 Å². The van der Waals surface area contributed by atoms with Crippen molar-refractivity contribution in [1.82, 2.24) is 9.80 Å². The van der Waals surface area contributed by atoms with Crippen LogP contribution in [0.1, 0.15) is 52.4 Å². The predicted molar refractivity (Wildman–Crippen MR) is 82.3 cm³/mol. The Morgan fingerprint density at radius 3 is 2.68 bits per heavy atom. The van der Waals surface area contributed by atoms with Crippen LogP contribution in [-0.2, 0) is 0 Å². The summed E-state index contributed by atoms with van der Waals surface area (Å²) in [4.78, 5) is 5.43. The zero-order valence-electron chi connectivity index (χ0n) is 13.0. The fourth-order valence-corrected chi connectivity index (χ4v) is 3.53. The second-order valence-electron chi connectivity index (χ2n) is 7.31. The minimum absolute atomic E-state index is 0.334. The molecule has 2 aliphatic heterocycles. The summed E-state index contributed by atoms with van der Waals surface area (Å²) in [6, 6.07) is 0.864. The summed E-state index contributed by atoms with van der Waals surface area (Å²) in [6.07, 6.45) is 8.16. The number of hydrogen-bond donors (Lipinski definition) is 1. The minimum Gasteiger partial charge on any atom is -0.330 e. The Kier molecular flexibility index (Phi) is 5.67. The predicted octanol–water partition coefficient (Wildman–Crippen LogP) is 2.31. The molecule has 112 valence electrons. The zero-order valence-corrected chi connectivity index (χ0v) is 13.0. The van der Waals surface area contributed by atoms with E-state index < -0.39 is 0 Å². The van der Waals surface area contributed by atoms with Crippen LogP contribution in [0.2, 0.25) is 0 Å². The van der Waals surface area contributed by atoms with Crippen LogP contribution in [0.3, 0.4) is 0 Å². The Bertz CT molecular complexity index is 265. The lowest BCUT2D eigenvalue weighted by atomic mass is 9.87. The van der Waals surface area contributed by atoms with Gasteiger partial charge in [-0.15, -0.1) is 0 Å². The Morgan fingerprint density at radius 1 is 1.11 bits per heavy atom. The van der Waals surface area contributed by atoms with Gasteiger partial charge in [0, 0.05) is 12.6 Å². The summed E-state index contributed by atoms with van der Waals surface area (Å²) in [6.45, 7) is 12.0. The summed E-state index contributed by atoms with van der Waals surface area (Å²) in [5, 5.41) is 0. The molecule has 2 fully saturated rings. The van der Waals surface area contributed by atoms with Crippen molar-refractivity contribution in [2.45, 2.75) is 58.4 Å². The van der Waals surface area contributed by atoms with E-state index in [9.17, 15) is 0 Å². The molecule has 0 aliphatic carbocycles. The molecule has 0 aromatic heterocycles. The number of fused-ring (bicyclic) bond motifs is 1. The molecular weight excluding hydrogens is 234 g/mol. The van der Waals surface area contributed by atoms with Gasteiger partial charge in [-0.25, -0.2) is 0 Å². The molecule has 3 heteroatoms. The van der Waals surface area contributed by atoms with Gasteiger partial charge in [-0.3, -0.25) is 4.90 Å². The van der Waals surface area contributed by atoms with Crippen molar-refractivity contribution in [3.63, 3.8) is 0 Å².